The van der Waals surface area contributed by atoms with Crippen LogP contribution in [0.1, 0.15) is 74.8 Å². The molecule has 0 fully saturated rings. The van der Waals surface area contributed by atoms with E-state index in [0.717, 1.165) is 31.4 Å². The molecule has 0 unspecified atom stereocenters. The molecule has 1 heterocycles. The predicted molar refractivity (Wildman–Crippen MR) is 127 cm³/mol. The van der Waals surface area contributed by atoms with Crippen LogP contribution in [0.25, 0.3) is 5.57 Å². The van der Waals surface area contributed by atoms with Gasteiger partial charge in [0.15, 0.2) is 0 Å². The summed E-state index contributed by atoms with van der Waals surface area (Å²) in [6.45, 7) is 8.72. The molecule has 0 aliphatic heterocycles. The zero-order valence-corrected chi connectivity index (χ0v) is 18.5. The molecule has 0 radical (unpaired) electrons. The number of rotatable bonds is 10. The molecule has 0 bridgehead atoms. The molecule has 2 nitrogen and oxygen atoms in total. The highest BCUT2D eigenvalue weighted by molar-refractivity contribution is 5.82. The number of pyridine rings is 1. The molecule has 2 heteroatoms. The summed E-state index contributed by atoms with van der Waals surface area (Å²) in [6.07, 6.45) is 14.6. The van der Waals surface area contributed by atoms with Crippen LogP contribution in [0.4, 0.5) is 0 Å². The Hall–Kier alpha value is -2.61. The molecule has 29 heavy (non-hydrogen) atoms. The first kappa shape index (κ1) is 22.7. The number of aromatic nitrogens is 1. The van der Waals surface area contributed by atoms with Crippen molar-refractivity contribution in [2.75, 3.05) is 0 Å². The van der Waals surface area contributed by atoms with Gasteiger partial charge in [0.25, 0.3) is 0 Å². The molecule has 0 saturated heterocycles. The zero-order chi connectivity index (χ0) is 21.1. The van der Waals surface area contributed by atoms with E-state index in [9.17, 15) is 0 Å². The number of nitrogens with two attached hydrogens (primary N) is 1. The maximum atomic E-state index is 5.80. The summed E-state index contributed by atoms with van der Waals surface area (Å²) >= 11 is 0. The van der Waals surface area contributed by atoms with Gasteiger partial charge in [-0.15, -0.1) is 0 Å². The van der Waals surface area contributed by atoms with E-state index in [1.54, 1.807) is 6.20 Å². The number of unbranched alkanes of at least 4 members (excludes halogenated alkanes) is 1. The van der Waals surface area contributed by atoms with E-state index in [4.69, 9.17) is 10.7 Å². The van der Waals surface area contributed by atoms with Gasteiger partial charge >= 0.3 is 0 Å². The molecular weight excluding hydrogens is 352 g/mol. The summed E-state index contributed by atoms with van der Waals surface area (Å²) in [5.74, 6) is 0. The number of allylic oxidation sites excluding steroid dienone is 4. The minimum Gasteiger partial charge on any atom is -0.404 e. The fourth-order valence-corrected chi connectivity index (χ4v) is 3.56. The third kappa shape index (κ3) is 6.74. The number of hydrogen-bond acceptors (Lipinski definition) is 2. The third-order valence-corrected chi connectivity index (χ3v) is 5.22. The Morgan fingerprint density at radius 1 is 1.00 bits per heavy atom. The fraction of sp³-hybridized carbons (Fsp3) is 0.370. The lowest BCUT2D eigenvalue weighted by Gasteiger charge is -2.17. The van der Waals surface area contributed by atoms with Gasteiger partial charge in [-0.25, -0.2) is 0 Å². The fourth-order valence-electron chi connectivity index (χ4n) is 3.56. The van der Waals surface area contributed by atoms with Gasteiger partial charge in [0.1, 0.15) is 0 Å². The van der Waals surface area contributed by atoms with E-state index in [2.05, 4.69) is 70.2 Å². The van der Waals surface area contributed by atoms with Gasteiger partial charge in [-0.1, -0.05) is 80.3 Å². The topological polar surface area (TPSA) is 38.9 Å². The Morgan fingerprint density at radius 2 is 1.76 bits per heavy atom. The molecule has 1 aromatic carbocycles. The normalized spacial score (nSPS) is 13.0. The minimum atomic E-state index is 0.917. The molecule has 0 saturated carbocycles. The molecule has 0 aliphatic carbocycles. The molecular formula is C27H36N2. The lowest BCUT2D eigenvalue weighted by Crippen LogP contribution is -2.00. The Labute approximate surface area is 177 Å². The molecule has 2 N–H and O–H groups in total. The summed E-state index contributed by atoms with van der Waals surface area (Å²) in [6, 6.07) is 13.0. The van der Waals surface area contributed by atoms with E-state index < -0.39 is 0 Å². The lowest BCUT2D eigenvalue weighted by atomic mass is 9.89. The second-order valence-electron chi connectivity index (χ2n) is 7.72. The molecule has 0 atom stereocenters. The van der Waals surface area contributed by atoms with E-state index in [1.165, 1.54) is 46.3 Å². The standard InChI is InChI=1S/C27H36N2/c1-5-7-13-24(14-8-12-23(20-28)10-6-2)26(25-17-15-21(3)16-18-25)27-22(4)11-9-19-29-27/h8-9,11-12,15-20H,5-7,10,13-14,28H2,1-4H3/b12-8-,23-20-,26-24+. The van der Waals surface area contributed by atoms with E-state index in [0.29, 0.717) is 0 Å². The van der Waals surface area contributed by atoms with Crippen molar-refractivity contribution in [3.63, 3.8) is 0 Å². The molecule has 2 aromatic rings. The van der Waals surface area contributed by atoms with Crippen LogP contribution in [0.15, 0.2) is 72.1 Å². The van der Waals surface area contributed by atoms with Crippen LogP contribution < -0.4 is 5.73 Å². The van der Waals surface area contributed by atoms with Crippen molar-refractivity contribution < 1.29 is 0 Å². The molecule has 0 spiro atoms. The first-order valence-corrected chi connectivity index (χ1v) is 10.9. The first-order chi connectivity index (χ1) is 14.1. The Bertz CT molecular complexity index is 854. The van der Waals surface area contributed by atoms with Crippen molar-refractivity contribution in [2.45, 2.75) is 66.2 Å². The second-order valence-corrected chi connectivity index (χ2v) is 7.72. The van der Waals surface area contributed by atoms with Crippen molar-refractivity contribution in [1.82, 2.24) is 4.98 Å². The summed E-state index contributed by atoms with van der Waals surface area (Å²) in [5.41, 5.74) is 14.6. The summed E-state index contributed by atoms with van der Waals surface area (Å²) in [4.78, 5) is 4.78. The number of benzene rings is 1. The van der Waals surface area contributed by atoms with Crippen LogP contribution in [-0.2, 0) is 0 Å². The quantitative estimate of drug-likeness (QED) is 0.434. The molecule has 2 rings (SSSR count). The van der Waals surface area contributed by atoms with Gasteiger partial charge in [-0.2, -0.15) is 0 Å². The van der Waals surface area contributed by atoms with Gasteiger partial charge in [-0.05, 0) is 68.5 Å². The van der Waals surface area contributed by atoms with Crippen LogP contribution in [0.3, 0.4) is 0 Å². The SMILES string of the molecule is CCCC/C(C/C=C\C(=C/N)CCC)=C(/c1ccc(C)cc1)c1ncccc1C. The highest BCUT2D eigenvalue weighted by Crippen LogP contribution is 2.32. The monoisotopic (exact) mass is 388 g/mol. The van der Waals surface area contributed by atoms with Crippen LogP contribution in [0, 0.1) is 13.8 Å². The van der Waals surface area contributed by atoms with Gasteiger partial charge in [0, 0.05) is 11.8 Å². The predicted octanol–water partition coefficient (Wildman–Crippen LogP) is 7.28. The maximum absolute atomic E-state index is 5.80. The molecule has 1 aromatic heterocycles. The summed E-state index contributed by atoms with van der Waals surface area (Å²) in [5, 5.41) is 0. The third-order valence-electron chi connectivity index (χ3n) is 5.22. The number of nitrogens with zero attached hydrogens (tertiary/aromatic N) is 1. The van der Waals surface area contributed by atoms with E-state index >= 15 is 0 Å². The maximum Gasteiger partial charge on any atom is 0.0736 e. The van der Waals surface area contributed by atoms with Crippen LogP contribution in [-0.4, -0.2) is 4.98 Å². The van der Waals surface area contributed by atoms with Crippen LogP contribution >= 0.6 is 0 Å². The Morgan fingerprint density at radius 3 is 2.38 bits per heavy atom. The Balaban J connectivity index is 2.55. The number of aryl methyl sites for hydroxylation is 2. The number of hydrogen-bond donors (Lipinski definition) is 1. The lowest BCUT2D eigenvalue weighted by molar-refractivity contribution is 0.776. The van der Waals surface area contributed by atoms with Crippen molar-refractivity contribution >= 4 is 5.57 Å². The average Bonchev–Trinajstić information content (AvgIpc) is 2.73. The van der Waals surface area contributed by atoms with E-state index in [-0.39, 0.29) is 0 Å². The highest BCUT2D eigenvalue weighted by atomic mass is 14.7. The minimum absolute atomic E-state index is 0.917. The molecule has 154 valence electrons. The largest absolute Gasteiger partial charge is 0.404 e. The summed E-state index contributed by atoms with van der Waals surface area (Å²) < 4.78 is 0. The van der Waals surface area contributed by atoms with Gasteiger partial charge in [-0.3, -0.25) is 4.98 Å². The average molecular weight is 389 g/mol. The Kier molecular flexibility index (Phi) is 9.43. The van der Waals surface area contributed by atoms with Crippen molar-refractivity contribution in [2.24, 2.45) is 5.73 Å². The van der Waals surface area contributed by atoms with Gasteiger partial charge in [0.2, 0.25) is 0 Å². The van der Waals surface area contributed by atoms with Crippen LogP contribution in [0.5, 0.6) is 0 Å². The molecule has 0 aliphatic rings. The van der Waals surface area contributed by atoms with Gasteiger partial charge in [0.05, 0.1) is 5.69 Å². The van der Waals surface area contributed by atoms with E-state index in [1.807, 2.05) is 12.3 Å². The zero-order valence-electron chi connectivity index (χ0n) is 18.5. The van der Waals surface area contributed by atoms with Crippen LogP contribution in [0.2, 0.25) is 0 Å². The second kappa shape index (κ2) is 12.1. The van der Waals surface area contributed by atoms with Gasteiger partial charge < -0.3 is 5.73 Å². The van der Waals surface area contributed by atoms with Crippen molar-refractivity contribution in [3.8, 4) is 0 Å². The molecule has 0 amide bonds. The van der Waals surface area contributed by atoms with Crippen molar-refractivity contribution in [1.29, 1.82) is 0 Å². The van der Waals surface area contributed by atoms with Crippen molar-refractivity contribution in [3.05, 3.63) is 94.5 Å². The first-order valence-electron chi connectivity index (χ1n) is 10.9. The summed E-state index contributed by atoms with van der Waals surface area (Å²) in [7, 11) is 0. The highest BCUT2D eigenvalue weighted by Gasteiger charge is 2.14. The smallest absolute Gasteiger partial charge is 0.0736 e.